The molecule has 2 heterocycles. The second-order valence-electron chi connectivity index (χ2n) is 8.13. The van der Waals surface area contributed by atoms with E-state index in [1.807, 2.05) is 65.1 Å². The van der Waals surface area contributed by atoms with Gasteiger partial charge in [-0.05, 0) is 56.0 Å². The van der Waals surface area contributed by atoms with Crippen molar-refractivity contribution in [3.63, 3.8) is 0 Å². The number of hydrogen-bond donors (Lipinski definition) is 2. The van der Waals surface area contributed by atoms with Crippen molar-refractivity contribution in [1.82, 2.24) is 9.88 Å². The SMILES string of the molecule is CC.CCNc1ccccc1S(C)=O.Cc1cc(C)c2cc(N3CCNCC3)n(C)c(=O)c2c1. The molecule has 6 nitrogen and oxygen atoms in total. The summed E-state index contributed by atoms with van der Waals surface area (Å²) in [6, 6.07) is 14.0. The molecule has 0 bridgehead atoms. The van der Waals surface area contributed by atoms with Gasteiger partial charge in [0.1, 0.15) is 5.82 Å². The lowest BCUT2D eigenvalue weighted by Crippen LogP contribution is -2.45. The third-order valence-corrected chi connectivity index (χ3v) is 6.66. The fourth-order valence-corrected chi connectivity index (χ4v) is 4.83. The van der Waals surface area contributed by atoms with Gasteiger partial charge in [0.15, 0.2) is 0 Å². The van der Waals surface area contributed by atoms with Crippen LogP contribution >= 0.6 is 0 Å². The van der Waals surface area contributed by atoms with E-state index in [9.17, 15) is 9.00 Å². The van der Waals surface area contributed by atoms with Gasteiger partial charge in [0.25, 0.3) is 5.56 Å². The fraction of sp³-hybridized carbons (Fsp3) is 0.444. The Hall–Kier alpha value is -2.64. The predicted octanol–water partition coefficient (Wildman–Crippen LogP) is 4.45. The van der Waals surface area contributed by atoms with Crippen molar-refractivity contribution >= 4 is 33.1 Å². The number of hydrogen-bond acceptors (Lipinski definition) is 5. The lowest BCUT2D eigenvalue weighted by atomic mass is 10.0. The van der Waals surface area contributed by atoms with Crippen LogP contribution in [0.2, 0.25) is 0 Å². The number of para-hydroxylation sites is 1. The Morgan fingerprint density at radius 2 is 1.68 bits per heavy atom. The van der Waals surface area contributed by atoms with E-state index in [4.69, 9.17) is 0 Å². The number of pyridine rings is 1. The Morgan fingerprint density at radius 3 is 2.29 bits per heavy atom. The van der Waals surface area contributed by atoms with Crippen LogP contribution in [0.5, 0.6) is 0 Å². The van der Waals surface area contributed by atoms with E-state index >= 15 is 0 Å². The van der Waals surface area contributed by atoms with Crippen LogP contribution in [0.3, 0.4) is 0 Å². The summed E-state index contributed by atoms with van der Waals surface area (Å²) in [6.45, 7) is 14.8. The first-order valence-electron chi connectivity index (χ1n) is 12.1. The van der Waals surface area contributed by atoms with Crippen LogP contribution in [0, 0.1) is 13.8 Å². The molecule has 2 N–H and O–H groups in total. The van der Waals surface area contributed by atoms with Gasteiger partial charge in [-0.15, -0.1) is 0 Å². The molecule has 7 heteroatoms. The number of aromatic nitrogens is 1. The first-order chi connectivity index (χ1) is 16.3. The van der Waals surface area contributed by atoms with E-state index < -0.39 is 10.8 Å². The third-order valence-electron chi connectivity index (χ3n) is 5.69. The molecular formula is C27H40N4O2S. The fourth-order valence-electron chi connectivity index (χ4n) is 4.11. The van der Waals surface area contributed by atoms with Crippen LogP contribution in [-0.2, 0) is 17.8 Å². The number of nitrogens with one attached hydrogen (secondary N) is 2. The van der Waals surface area contributed by atoms with Gasteiger partial charge in [0, 0.05) is 51.4 Å². The molecule has 3 aromatic rings. The van der Waals surface area contributed by atoms with Gasteiger partial charge in [-0.2, -0.15) is 0 Å². The van der Waals surface area contributed by atoms with Gasteiger partial charge >= 0.3 is 0 Å². The zero-order valence-corrected chi connectivity index (χ0v) is 22.5. The highest BCUT2D eigenvalue weighted by molar-refractivity contribution is 7.84. The van der Waals surface area contributed by atoms with E-state index in [0.717, 1.165) is 65.5 Å². The third kappa shape index (κ3) is 6.70. The normalized spacial score (nSPS) is 13.9. The van der Waals surface area contributed by atoms with E-state index in [2.05, 4.69) is 34.6 Å². The number of rotatable bonds is 4. The summed E-state index contributed by atoms with van der Waals surface area (Å²) in [7, 11) is 0.967. The average Bonchev–Trinajstić information content (AvgIpc) is 2.84. The minimum absolute atomic E-state index is 0.0998. The van der Waals surface area contributed by atoms with Crippen LogP contribution in [0.4, 0.5) is 11.5 Å². The molecule has 0 aliphatic carbocycles. The van der Waals surface area contributed by atoms with E-state index in [1.165, 1.54) is 5.56 Å². The van der Waals surface area contributed by atoms with Crippen LogP contribution in [0.25, 0.3) is 10.8 Å². The van der Waals surface area contributed by atoms with Gasteiger partial charge in [-0.25, -0.2) is 0 Å². The topological polar surface area (TPSA) is 66.4 Å². The monoisotopic (exact) mass is 484 g/mol. The van der Waals surface area contributed by atoms with Crippen molar-refractivity contribution in [2.45, 2.75) is 39.5 Å². The van der Waals surface area contributed by atoms with Gasteiger partial charge < -0.3 is 15.5 Å². The van der Waals surface area contributed by atoms with Crippen molar-refractivity contribution < 1.29 is 4.21 Å². The first-order valence-corrected chi connectivity index (χ1v) is 13.6. The largest absolute Gasteiger partial charge is 0.384 e. The highest BCUT2D eigenvalue weighted by atomic mass is 32.2. The molecular weight excluding hydrogens is 444 g/mol. The van der Waals surface area contributed by atoms with Crippen molar-refractivity contribution in [2.24, 2.45) is 7.05 Å². The second kappa shape index (κ2) is 13.3. The molecule has 4 rings (SSSR count). The summed E-state index contributed by atoms with van der Waals surface area (Å²) in [5.74, 6) is 1.02. The summed E-state index contributed by atoms with van der Waals surface area (Å²) in [5.41, 5.74) is 3.39. The Morgan fingerprint density at radius 1 is 1.03 bits per heavy atom. The highest BCUT2D eigenvalue weighted by Gasteiger charge is 2.16. The second-order valence-corrected chi connectivity index (χ2v) is 9.48. The number of nitrogens with zero attached hydrogens (tertiary/aromatic N) is 2. The molecule has 0 saturated carbocycles. The molecule has 34 heavy (non-hydrogen) atoms. The van der Waals surface area contributed by atoms with Crippen molar-refractivity contribution in [3.05, 3.63) is 63.9 Å². The zero-order valence-electron chi connectivity index (χ0n) is 21.7. The van der Waals surface area contributed by atoms with E-state index in [-0.39, 0.29) is 5.56 Å². The van der Waals surface area contributed by atoms with Crippen LogP contribution in [-0.4, -0.2) is 47.8 Å². The molecule has 1 unspecified atom stereocenters. The Kier molecular flexibility index (Phi) is 10.8. The number of anilines is 2. The Labute approximate surface area is 206 Å². The summed E-state index contributed by atoms with van der Waals surface area (Å²) in [6.07, 6.45) is 1.69. The number of aryl methyl sites for hydroxylation is 2. The van der Waals surface area contributed by atoms with Crippen LogP contribution < -0.4 is 21.1 Å². The molecule has 1 atom stereocenters. The Bertz CT molecular complexity index is 1170. The molecule has 0 amide bonds. The van der Waals surface area contributed by atoms with E-state index in [0.29, 0.717) is 0 Å². The van der Waals surface area contributed by atoms with Crippen molar-refractivity contribution in [1.29, 1.82) is 0 Å². The smallest absolute Gasteiger partial charge is 0.259 e. The maximum Gasteiger partial charge on any atom is 0.259 e. The minimum atomic E-state index is -0.904. The molecule has 1 fully saturated rings. The predicted molar refractivity (Wildman–Crippen MR) is 148 cm³/mol. The molecule has 0 radical (unpaired) electrons. The summed E-state index contributed by atoms with van der Waals surface area (Å²) < 4.78 is 13.0. The molecule has 1 saturated heterocycles. The maximum atomic E-state index is 12.6. The first kappa shape index (κ1) is 27.6. The standard InChI is InChI=1S/C16H21N3O.C9H13NOS.C2H6/c1-11-8-12(2)13-10-15(19-6-4-17-5-7-19)18(3)16(20)14(13)9-11;1-3-10-8-6-4-5-7-9(8)12(2)11;1-2/h8-10,17H,4-7H2,1-3H3;4-7,10H,3H2,1-2H3;1-2H3. The highest BCUT2D eigenvalue weighted by Crippen LogP contribution is 2.23. The summed E-state index contributed by atoms with van der Waals surface area (Å²) >= 11 is 0. The molecule has 1 aliphatic rings. The number of piperazine rings is 1. The minimum Gasteiger partial charge on any atom is -0.384 e. The van der Waals surface area contributed by atoms with Gasteiger partial charge in [-0.3, -0.25) is 13.6 Å². The van der Waals surface area contributed by atoms with Gasteiger partial charge in [0.05, 0.1) is 21.4 Å². The average molecular weight is 485 g/mol. The van der Waals surface area contributed by atoms with E-state index in [1.54, 1.807) is 10.8 Å². The van der Waals surface area contributed by atoms with Crippen LogP contribution in [0.15, 0.2) is 52.2 Å². The zero-order chi connectivity index (χ0) is 25.3. The summed E-state index contributed by atoms with van der Waals surface area (Å²) in [5, 5.41) is 8.41. The molecule has 1 aromatic heterocycles. The quantitative estimate of drug-likeness (QED) is 0.573. The van der Waals surface area contributed by atoms with Crippen molar-refractivity contribution in [2.75, 3.05) is 49.2 Å². The molecule has 0 spiro atoms. The van der Waals surface area contributed by atoms with Gasteiger partial charge in [-0.1, -0.05) is 37.6 Å². The number of benzene rings is 2. The maximum absolute atomic E-state index is 12.6. The van der Waals surface area contributed by atoms with Gasteiger partial charge in [0.2, 0.25) is 0 Å². The molecule has 186 valence electrons. The lowest BCUT2D eigenvalue weighted by molar-refractivity contribution is 0.576. The van der Waals surface area contributed by atoms with Crippen molar-refractivity contribution in [3.8, 4) is 0 Å². The lowest BCUT2D eigenvalue weighted by Gasteiger charge is -2.31. The summed E-state index contributed by atoms with van der Waals surface area (Å²) in [4.78, 5) is 15.8. The number of fused-ring (bicyclic) bond motifs is 1. The Balaban J connectivity index is 0.000000251. The van der Waals surface area contributed by atoms with Crippen LogP contribution in [0.1, 0.15) is 31.9 Å². The molecule has 1 aliphatic heterocycles. The molecule has 2 aromatic carbocycles.